The van der Waals surface area contributed by atoms with Crippen molar-refractivity contribution in [3.05, 3.63) is 35.4 Å². The number of hydrogen-bond acceptors (Lipinski definition) is 2. The average Bonchev–Trinajstić information content (AvgIpc) is 2.20. The summed E-state index contributed by atoms with van der Waals surface area (Å²) in [5.41, 5.74) is 2.33. The minimum Gasteiger partial charge on any atom is -0.198 e. The molecule has 14 heavy (non-hydrogen) atoms. The highest BCUT2D eigenvalue weighted by Crippen LogP contribution is 2.11. The highest BCUT2D eigenvalue weighted by molar-refractivity contribution is 5.22. The summed E-state index contributed by atoms with van der Waals surface area (Å²) in [4.78, 5) is 0. The summed E-state index contributed by atoms with van der Waals surface area (Å²) in [6, 6.07) is 12.2. The third-order valence-corrected chi connectivity index (χ3v) is 2.12. The molecule has 0 aliphatic carbocycles. The maximum Gasteiger partial charge on any atom is 0.0670 e. The van der Waals surface area contributed by atoms with Gasteiger partial charge in [0.15, 0.2) is 0 Å². The normalized spacial score (nSPS) is 11.4. The molecule has 0 radical (unpaired) electrons. The van der Waals surface area contributed by atoms with Gasteiger partial charge in [-0.25, -0.2) is 0 Å². The van der Waals surface area contributed by atoms with Crippen LogP contribution < -0.4 is 0 Å². The average molecular weight is 184 g/mol. The fourth-order valence-corrected chi connectivity index (χ4v) is 1.28. The van der Waals surface area contributed by atoms with Gasteiger partial charge in [-0.3, -0.25) is 0 Å². The lowest BCUT2D eigenvalue weighted by molar-refractivity contribution is 0.680. The van der Waals surface area contributed by atoms with E-state index >= 15 is 0 Å². The molecule has 0 saturated heterocycles. The molecular formula is C12H12N2. The fourth-order valence-electron chi connectivity index (χ4n) is 1.28. The van der Waals surface area contributed by atoms with Gasteiger partial charge in [0, 0.05) is 0 Å². The molecule has 70 valence electrons. The Labute approximate surface area is 84.4 Å². The molecular weight excluding hydrogens is 172 g/mol. The zero-order valence-corrected chi connectivity index (χ0v) is 8.20. The predicted octanol–water partition coefficient (Wildman–Crippen LogP) is 2.59. The summed E-state index contributed by atoms with van der Waals surface area (Å²) < 4.78 is 0. The van der Waals surface area contributed by atoms with Crippen LogP contribution in [0.2, 0.25) is 0 Å². The molecule has 0 aliphatic heterocycles. The minimum atomic E-state index is -0.178. The highest BCUT2D eigenvalue weighted by Gasteiger charge is 2.07. The van der Waals surface area contributed by atoms with Crippen molar-refractivity contribution in [2.75, 3.05) is 0 Å². The number of hydrogen-bond donors (Lipinski definition) is 0. The standard InChI is InChI=1S/C12H12N2/c1-10-2-4-11(5-3-10)8-12(9-14)6-7-13/h2-5,12H,6,8H2,1H3. The van der Waals surface area contributed by atoms with E-state index in [4.69, 9.17) is 10.5 Å². The topological polar surface area (TPSA) is 47.6 Å². The van der Waals surface area contributed by atoms with Gasteiger partial charge in [0.2, 0.25) is 0 Å². The van der Waals surface area contributed by atoms with E-state index in [1.807, 2.05) is 37.3 Å². The van der Waals surface area contributed by atoms with Crippen LogP contribution in [-0.2, 0) is 6.42 Å². The largest absolute Gasteiger partial charge is 0.198 e. The zero-order valence-electron chi connectivity index (χ0n) is 8.20. The molecule has 0 aliphatic rings. The number of benzene rings is 1. The first-order valence-corrected chi connectivity index (χ1v) is 4.58. The molecule has 1 atom stereocenters. The maximum absolute atomic E-state index is 8.77. The summed E-state index contributed by atoms with van der Waals surface area (Å²) in [5.74, 6) is -0.178. The van der Waals surface area contributed by atoms with E-state index in [0.717, 1.165) is 5.56 Å². The molecule has 1 unspecified atom stereocenters. The lowest BCUT2D eigenvalue weighted by Crippen LogP contribution is -2.00. The molecule has 0 aromatic heterocycles. The van der Waals surface area contributed by atoms with E-state index in [1.54, 1.807) is 0 Å². The van der Waals surface area contributed by atoms with Crippen molar-refractivity contribution in [1.29, 1.82) is 10.5 Å². The van der Waals surface area contributed by atoms with Gasteiger partial charge in [0.1, 0.15) is 0 Å². The Morgan fingerprint density at radius 2 is 1.86 bits per heavy atom. The predicted molar refractivity (Wildman–Crippen MR) is 54.2 cm³/mol. The van der Waals surface area contributed by atoms with Gasteiger partial charge in [-0.05, 0) is 18.9 Å². The van der Waals surface area contributed by atoms with E-state index < -0.39 is 0 Å². The Hall–Kier alpha value is -1.80. The smallest absolute Gasteiger partial charge is 0.0670 e. The van der Waals surface area contributed by atoms with Crippen molar-refractivity contribution in [3.8, 4) is 12.1 Å². The van der Waals surface area contributed by atoms with E-state index in [-0.39, 0.29) is 5.92 Å². The Morgan fingerprint density at radius 3 is 2.36 bits per heavy atom. The minimum absolute atomic E-state index is 0.178. The SMILES string of the molecule is Cc1ccc(CC(C#N)CC#N)cc1. The van der Waals surface area contributed by atoms with Crippen molar-refractivity contribution in [2.24, 2.45) is 5.92 Å². The lowest BCUT2D eigenvalue weighted by Gasteiger charge is -2.04. The number of rotatable bonds is 3. The van der Waals surface area contributed by atoms with Crippen molar-refractivity contribution < 1.29 is 0 Å². The van der Waals surface area contributed by atoms with Gasteiger partial charge in [0.05, 0.1) is 24.5 Å². The van der Waals surface area contributed by atoms with E-state index in [2.05, 4.69) is 6.07 Å². The molecule has 2 heteroatoms. The quantitative estimate of drug-likeness (QED) is 0.724. The monoisotopic (exact) mass is 184 g/mol. The van der Waals surface area contributed by atoms with Crippen LogP contribution in [0.5, 0.6) is 0 Å². The van der Waals surface area contributed by atoms with Gasteiger partial charge in [-0.2, -0.15) is 10.5 Å². The summed E-state index contributed by atoms with van der Waals surface area (Å²) >= 11 is 0. The summed E-state index contributed by atoms with van der Waals surface area (Å²) in [6.07, 6.45) is 0.981. The lowest BCUT2D eigenvalue weighted by atomic mass is 9.98. The van der Waals surface area contributed by atoms with Crippen molar-refractivity contribution in [1.82, 2.24) is 0 Å². The Kier molecular flexibility index (Phi) is 3.70. The molecule has 1 rings (SSSR count). The van der Waals surface area contributed by atoms with Crippen LogP contribution in [0.3, 0.4) is 0 Å². The summed E-state index contributed by atoms with van der Waals surface area (Å²) in [5, 5.41) is 17.3. The second-order valence-electron chi connectivity index (χ2n) is 3.38. The molecule has 0 bridgehead atoms. The third-order valence-electron chi connectivity index (χ3n) is 2.12. The Bertz CT molecular complexity index is 365. The third kappa shape index (κ3) is 2.92. The van der Waals surface area contributed by atoms with Gasteiger partial charge in [-0.15, -0.1) is 0 Å². The molecule has 2 nitrogen and oxygen atoms in total. The molecule has 0 saturated carbocycles. The van der Waals surface area contributed by atoms with E-state index in [0.29, 0.717) is 12.8 Å². The van der Waals surface area contributed by atoms with Crippen LogP contribution in [-0.4, -0.2) is 0 Å². The van der Waals surface area contributed by atoms with Crippen LogP contribution in [0.15, 0.2) is 24.3 Å². The van der Waals surface area contributed by atoms with Gasteiger partial charge in [0.25, 0.3) is 0 Å². The molecule has 1 aromatic carbocycles. The first-order valence-electron chi connectivity index (χ1n) is 4.58. The van der Waals surface area contributed by atoms with Crippen LogP contribution in [0.4, 0.5) is 0 Å². The van der Waals surface area contributed by atoms with Crippen molar-refractivity contribution >= 4 is 0 Å². The molecule has 1 aromatic rings. The fraction of sp³-hybridized carbons (Fsp3) is 0.333. The highest BCUT2D eigenvalue weighted by atomic mass is 14.3. The van der Waals surface area contributed by atoms with E-state index in [9.17, 15) is 0 Å². The number of aryl methyl sites for hydroxylation is 1. The number of nitrogens with zero attached hydrogens (tertiary/aromatic N) is 2. The summed E-state index contributed by atoms with van der Waals surface area (Å²) in [7, 11) is 0. The Morgan fingerprint density at radius 1 is 1.21 bits per heavy atom. The molecule has 0 amide bonds. The second kappa shape index (κ2) is 5.04. The van der Waals surface area contributed by atoms with E-state index in [1.165, 1.54) is 5.56 Å². The van der Waals surface area contributed by atoms with Crippen LogP contribution in [0.1, 0.15) is 17.5 Å². The molecule has 0 heterocycles. The molecule has 0 spiro atoms. The molecule has 0 fully saturated rings. The van der Waals surface area contributed by atoms with Crippen molar-refractivity contribution in [3.63, 3.8) is 0 Å². The first-order chi connectivity index (χ1) is 6.76. The van der Waals surface area contributed by atoms with Crippen LogP contribution in [0.25, 0.3) is 0 Å². The van der Waals surface area contributed by atoms with Gasteiger partial charge >= 0.3 is 0 Å². The second-order valence-corrected chi connectivity index (χ2v) is 3.38. The van der Waals surface area contributed by atoms with Crippen LogP contribution in [0, 0.1) is 35.5 Å². The summed E-state index contributed by atoms with van der Waals surface area (Å²) in [6.45, 7) is 2.03. The molecule has 0 N–H and O–H groups in total. The maximum atomic E-state index is 8.77. The van der Waals surface area contributed by atoms with Crippen molar-refractivity contribution in [2.45, 2.75) is 19.8 Å². The zero-order chi connectivity index (χ0) is 10.4. The first kappa shape index (κ1) is 10.3. The van der Waals surface area contributed by atoms with Crippen LogP contribution >= 0.6 is 0 Å². The van der Waals surface area contributed by atoms with Gasteiger partial charge in [-0.1, -0.05) is 29.8 Å². The number of nitriles is 2. The Balaban J connectivity index is 2.65. The van der Waals surface area contributed by atoms with Gasteiger partial charge < -0.3 is 0 Å².